The van der Waals surface area contributed by atoms with Gasteiger partial charge in [0, 0.05) is 20.0 Å². The van der Waals surface area contributed by atoms with E-state index in [1.54, 1.807) is 30.1 Å². The Morgan fingerprint density at radius 2 is 2.00 bits per heavy atom. The van der Waals surface area contributed by atoms with Crippen LogP contribution in [0.3, 0.4) is 0 Å². The third-order valence-corrected chi connectivity index (χ3v) is 3.64. The van der Waals surface area contributed by atoms with E-state index in [-0.39, 0.29) is 5.91 Å². The second-order valence-electron chi connectivity index (χ2n) is 5.41. The summed E-state index contributed by atoms with van der Waals surface area (Å²) < 4.78 is 0. The molecule has 5 heteroatoms. The van der Waals surface area contributed by atoms with Crippen LogP contribution < -0.4 is 5.73 Å². The number of likely N-dealkylation sites (N-methyl/N-ethyl adjacent to an activating group) is 1. The fraction of sp³-hybridized carbons (Fsp3) is 0.500. The van der Waals surface area contributed by atoms with Crippen LogP contribution in [0.25, 0.3) is 0 Å². The summed E-state index contributed by atoms with van der Waals surface area (Å²) in [5.74, 6) is -0.519. The first kappa shape index (κ1) is 17.2. The van der Waals surface area contributed by atoms with Gasteiger partial charge in [-0.15, -0.1) is 0 Å². The molecule has 1 amide bonds. The maximum Gasteiger partial charge on any atom is 0.335 e. The average molecular weight is 292 g/mol. The Labute approximate surface area is 125 Å². The second kappa shape index (κ2) is 8.42. The Morgan fingerprint density at radius 1 is 1.33 bits per heavy atom. The van der Waals surface area contributed by atoms with Gasteiger partial charge in [0.1, 0.15) is 0 Å². The van der Waals surface area contributed by atoms with Crippen LogP contribution in [0.15, 0.2) is 24.3 Å². The number of carboxylic acids is 1. The fourth-order valence-corrected chi connectivity index (χ4v) is 2.04. The van der Waals surface area contributed by atoms with Gasteiger partial charge in [0.25, 0.3) is 0 Å². The van der Waals surface area contributed by atoms with Gasteiger partial charge in [0.15, 0.2) is 0 Å². The zero-order valence-corrected chi connectivity index (χ0v) is 12.7. The van der Waals surface area contributed by atoms with Crippen LogP contribution in [-0.2, 0) is 11.2 Å². The van der Waals surface area contributed by atoms with Crippen molar-refractivity contribution in [2.75, 3.05) is 20.1 Å². The summed E-state index contributed by atoms with van der Waals surface area (Å²) in [6.45, 7) is 3.12. The number of amides is 1. The Kier molecular flexibility index (Phi) is 6.88. The highest BCUT2D eigenvalue weighted by atomic mass is 16.4. The number of aromatic carboxylic acids is 1. The zero-order chi connectivity index (χ0) is 15.8. The van der Waals surface area contributed by atoms with Gasteiger partial charge in [0.05, 0.1) is 5.56 Å². The van der Waals surface area contributed by atoms with Gasteiger partial charge >= 0.3 is 5.97 Å². The second-order valence-corrected chi connectivity index (χ2v) is 5.41. The number of hydrogen-bond acceptors (Lipinski definition) is 3. The monoisotopic (exact) mass is 292 g/mol. The number of nitrogens with zero attached hydrogens (tertiary/aromatic N) is 1. The third-order valence-electron chi connectivity index (χ3n) is 3.64. The van der Waals surface area contributed by atoms with Gasteiger partial charge in [-0.05, 0) is 36.9 Å². The highest BCUT2D eigenvalue weighted by Crippen LogP contribution is 2.11. The molecule has 1 atom stereocenters. The normalized spacial score (nSPS) is 12.0. The van der Waals surface area contributed by atoms with E-state index in [9.17, 15) is 9.59 Å². The van der Waals surface area contributed by atoms with E-state index < -0.39 is 5.97 Å². The fourth-order valence-electron chi connectivity index (χ4n) is 2.04. The number of carbonyl (C=O) groups excluding carboxylic acids is 1. The molecule has 0 aromatic heterocycles. The van der Waals surface area contributed by atoms with E-state index in [0.29, 0.717) is 37.4 Å². The summed E-state index contributed by atoms with van der Waals surface area (Å²) in [4.78, 5) is 24.7. The third kappa shape index (κ3) is 5.55. The van der Waals surface area contributed by atoms with Gasteiger partial charge in [-0.3, -0.25) is 4.79 Å². The van der Waals surface area contributed by atoms with Crippen molar-refractivity contribution in [1.29, 1.82) is 0 Å². The molecular formula is C16H24N2O3. The topological polar surface area (TPSA) is 83.6 Å². The lowest BCUT2D eigenvalue weighted by Gasteiger charge is -2.18. The summed E-state index contributed by atoms with van der Waals surface area (Å²) in [5, 5.41) is 9.12. The molecule has 1 rings (SSSR count). The van der Waals surface area contributed by atoms with Crippen LogP contribution in [0.1, 0.15) is 35.7 Å². The summed E-state index contributed by atoms with van der Waals surface area (Å²) >= 11 is 0. The van der Waals surface area contributed by atoms with Crippen LogP contribution in [-0.4, -0.2) is 42.0 Å². The van der Waals surface area contributed by atoms with Crippen LogP contribution in [0, 0.1) is 5.92 Å². The largest absolute Gasteiger partial charge is 0.478 e. The van der Waals surface area contributed by atoms with E-state index in [2.05, 4.69) is 0 Å². The lowest BCUT2D eigenvalue weighted by atomic mass is 10.0. The molecule has 116 valence electrons. The quantitative estimate of drug-likeness (QED) is 0.764. The highest BCUT2D eigenvalue weighted by Gasteiger charge is 2.13. The number of nitrogens with two attached hydrogens (primary N) is 1. The number of carboxylic acid groups (broad SMARTS) is 1. The molecule has 0 bridgehead atoms. The Balaban J connectivity index is 2.51. The maximum atomic E-state index is 12.0. The molecule has 0 saturated carbocycles. The van der Waals surface area contributed by atoms with Gasteiger partial charge in [-0.25, -0.2) is 4.79 Å². The smallest absolute Gasteiger partial charge is 0.335 e. The molecule has 1 aromatic rings. The Morgan fingerprint density at radius 3 is 2.62 bits per heavy atom. The highest BCUT2D eigenvalue weighted by molar-refractivity contribution is 5.89. The van der Waals surface area contributed by atoms with Gasteiger partial charge in [-0.1, -0.05) is 25.1 Å². The standard InChI is InChI=1S/C16H24N2O3/c1-12(11-17)7-8-15(19)18(2)10-9-13-5-3-4-6-14(13)16(20)21/h3-6,12H,7-11,17H2,1-2H3,(H,20,21). The Hall–Kier alpha value is -1.88. The summed E-state index contributed by atoms with van der Waals surface area (Å²) in [7, 11) is 1.75. The number of carbonyl (C=O) groups is 2. The summed E-state index contributed by atoms with van der Waals surface area (Å²) in [5.41, 5.74) is 6.58. The van der Waals surface area contributed by atoms with Crippen LogP contribution >= 0.6 is 0 Å². The van der Waals surface area contributed by atoms with Crippen LogP contribution in [0.4, 0.5) is 0 Å². The minimum absolute atomic E-state index is 0.0723. The zero-order valence-electron chi connectivity index (χ0n) is 12.7. The van der Waals surface area contributed by atoms with Crippen molar-refractivity contribution in [2.45, 2.75) is 26.2 Å². The minimum atomic E-state index is -0.934. The first-order valence-electron chi connectivity index (χ1n) is 7.21. The van der Waals surface area contributed by atoms with Gasteiger partial charge in [-0.2, -0.15) is 0 Å². The van der Waals surface area contributed by atoms with Crippen molar-refractivity contribution in [3.05, 3.63) is 35.4 Å². The molecule has 0 heterocycles. The molecule has 0 fully saturated rings. The molecular weight excluding hydrogens is 268 g/mol. The molecule has 0 aliphatic carbocycles. The lowest BCUT2D eigenvalue weighted by Crippen LogP contribution is -2.29. The predicted molar refractivity (Wildman–Crippen MR) is 82.2 cm³/mol. The molecule has 0 spiro atoms. The number of benzene rings is 1. The average Bonchev–Trinajstić information content (AvgIpc) is 2.49. The van der Waals surface area contributed by atoms with Gasteiger partial charge < -0.3 is 15.7 Å². The van der Waals surface area contributed by atoms with Crippen LogP contribution in [0.5, 0.6) is 0 Å². The van der Waals surface area contributed by atoms with Crippen molar-refractivity contribution in [1.82, 2.24) is 4.90 Å². The van der Waals surface area contributed by atoms with Crippen molar-refractivity contribution in [3.8, 4) is 0 Å². The van der Waals surface area contributed by atoms with E-state index in [0.717, 1.165) is 12.0 Å². The minimum Gasteiger partial charge on any atom is -0.478 e. The van der Waals surface area contributed by atoms with E-state index in [1.165, 1.54) is 0 Å². The van der Waals surface area contributed by atoms with E-state index in [4.69, 9.17) is 10.8 Å². The SMILES string of the molecule is CC(CN)CCC(=O)N(C)CCc1ccccc1C(=O)O. The molecule has 1 unspecified atom stereocenters. The van der Waals surface area contributed by atoms with Gasteiger partial charge in [0.2, 0.25) is 5.91 Å². The summed E-state index contributed by atoms with van der Waals surface area (Å²) in [6, 6.07) is 6.89. The van der Waals surface area contributed by atoms with Crippen molar-refractivity contribution >= 4 is 11.9 Å². The Bertz CT molecular complexity index is 488. The summed E-state index contributed by atoms with van der Waals surface area (Å²) in [6.07, 6.45) is 1.80. The molecule has 5 nitrogen and oxygen atoms in total. The lowest BCUT2D eigenvalue weighted by molar-refractivity contribution is -0.130. The van der Waals surface area contributed by atoms with Crippen molar-refractivity contribution in [2.24, 2.45) is 11.7 Å². The van der Waals surface area contributed by atoms with Crippen molar-refractivity contribution in [3.63, 3.8) is 0 Å². The maximum absolute atomic E-state index is 12.0. The van der Waals surface area contributed by atoms with E-state index >= 15 is 0 Å². The van der Waals surface area contributed by atoms with Crippen molar-refractivity contribution < 1.29 is 14.7 Å². The molecule has 21 heavy (non-hydrogen) atoms. The molecule has 1 aromatic carbocycles. The number of hydrogen-bond donors (Lipinski definition) is 2. The molecule has 0 aliphatic rings. The molecule has 3 N–H and O–H groups in total. The predicted octanol–water partition coefficient (Wildman–Crippen LogP) is 1.76. The molecule has 0 saturated heterocycles. The number of rotatable bonds is 8. The first-order valence-corrected chi connectivity index (χ1v) is 7.21. The van der Waals surface area contributed by atoms with E-state index in [1.807, 2.05) is 13.0 Å². The molecule has 0 aliphatic heterocycles. The first-order chi connectivity index (χ1) is 9.95. The van der Waals surface area contributed by atoms with Crippen LogP contribution in [0.2, 0.25) is 0 Å². The molecule has 0 radical (unpaired) electrons.